The Morgan fingerprint density at radius 2 is 1.48 bits per heavy atom. The van der Waals surface area contributed by atoms with Gasteiger partial charge in [0, 0.05) is 0 Å². The first-order valence-corrected chi connectivity index (χ1v) is 9.73. The molecule has 0 saturated carbocycles. The van der Waals surface area contributed by atoms with Crippen LogP contribution >= 0.6 is 0 Å². The number of benzene rings is 3. The lowest BCUT2D eigenvalue weighted by molar-refractivity contribution is 0.100. The molecule has 138 valence electrons. The van der Waals surface area contributed by atoms with Crippen LogP contribution in [0, 0.1) is 19.7 Å². The highest BCUT2D eigenvalue weighted by Gasteiger charge is 2.34. The van der Waals surface area contributed by atoms with Crippen molar-refractivity contribution >= 4 is 21.6 Å². The number of halogens is 1. The van der Waals surface area contributed by atoms with Crippen LogP contribution in [-0.2, 0) is 10.0 Å². The summed E-state index contributed by atoms with van der Waals surface area (Å²) in [4.78, 5) is 13.1. The van der Waals surface area contributed by atoms with E-state index in [9.17, 15) is 17.6 Å². The van der Waals surface area contributed by atoms with E-state index in [4.69, 9.17) is 0 Å². The molecule has 0 aliphatic rings. The molecule has 0 atom stereocenters. The molecule has 0 unspecified atom stereocenters. The van der Waals surface area contributed by atoms with E-state index in [0.717, 1.165) is 11.6 Å². The second-order valence-electron chi connectivity index (χ2n) is 6.09. The Kier molecular flexibility index (Phi) is 5.10. The van der Waals surface area contributed by atoms with E-state index < -0.39 is 21.7 Å². The molecule has 0 spiro atoms. The minimum Gasteiger partial charge on any atom is -0.267 e. The number of anilines is 1. The first kappa shape index (κ1) is 18.8. The van der Waals surface area contributed by atoms with Gasteiger partial charge in [-0.15, -0.1) is 0 Å². The fraction of sp³-hybridized carbons (Fsp3) is 0.0952. The van der Waals surface area contributed by atoms with Crippen LogP contribution in [0.3, 0.4) is 0 Å². The fourth-order valence-corrected chi connectivity index (χ4v) is 4.23. The van der Waals surface area contributed by atoms with Crippen molar-refractivity contribution in [1.82, 2.24) is 0 Å². The average molecular weight is 383 g/mol. The Morgan fingerprint density at radius 1 is 0.852 bits per heavy atom. The van der Waals surface area contributed by atoms with Crippen molar-refractivity contribution in [2.75, 3.05) is 4.31 Å². The summed E-state index contributed by atoms with van der Waals surface area (Å²) in [6.07, 6.45) is 0. The molecular formula is C21H18FNO3S. The molecule has 6 heteroatoms. The quantitative estimate of drug-likeness (QED) is 0.668. The third-order valence-electron chi connectivity index (χ3n) is 4.36. The minimum absolute atomic E-state index is 0.0457. The van der Waals surface area contributed by atoms with Crippen LogP contribution in [-0.4, -0.2) is 14.3 Å². The standard InChI is InChI=1S/C21H18FNO3S/c1-15-9-8-14-20(16(15)2)23(21(24)18-12-6-7-13-19(18)22)27(25,26)17-10-4-3-5-11-17/h3-14H,1-2H3. The average Bonchev–Trinajstić information content (AvgIpc) is 2.66. The normalized spacial score (nSPS) is 11.2. The van der Waals surface area contributed by atoms with E-state index >= 15 is 0 Å². The zero-order valence-corrected chi connectivity index (χ0v) is 15.7. The molecule has 0 fully saturated rings. The first-order chi connectivity index (χ1) is 12.8. The van der Waals surface area contributed by atoms with Crippen molar-refractivity contribution in [3.8, 4) is 0 Å². The molecule has 0 aliphatic heterocycles. The molecule has 3 aromatic carbocycles. The Bertz CT molecular complexity index is 1100. The highest BCUT2D eigenvalue weighted by atomic mass is 32.2. The minimum atomic E-state index is -4.24. The molecule has 0 radical (unpaired) electrons. The Hall–Kier alpha value is -2.99. The summed E-state index contributed by atoms with van der Waals surface area (Å²) in [7, 11) is -4.24. The fourth-order valence-electron chi connectivity index (χ4n) is 2.75. The van der Waals surface area contributed by atoms with Crippen molar-refractivity contribution in [3.05, 3.63) is 95.3 Å². The van der Waals surface area contributed by atoms with Gasteiger partial charge < -0.3 is 0 Å². The van der Waals surface area contributed by atoms with Crippen LogP contribution in [0.2, 0.25) is 0 Å². The van der Waals surface area contributed by atoms with Crippen LogP contribution in [0.5, 0.6) is 0 Å². The molecule has 4 nitrogen and oxygen atoms in total. The number of nitrogens with zero attached hydrogens (tertiary/aromatic N) is 1. The van der Waals surface area contributed by atoms with Gasteiger partial charge in [-0.05, 0) is 55.3 Å². The summed E-state index contributed by atoms with van der Waals surface area (Å²) in [6, 6.07) is 18.0. The SMILES string of the molecule is Cc1cccc(N(C(=O)c2ccccc2F)S(=O)(=O)c2ccccc2)c1C. The van der Waals surface area contributed by atoms with Gasteiger partial charge in [-0.25, -0.2) is 12.8 Å². The van der Waals surface area contributed by atoms with E-state index in [2.05, 4.69) is 0 Å². The van der Waals surface area contributed by atoms with Gasteiger partial charge in [0.05, 0.1) is 16.1 Å². The molecule has 0 aromatic heterocycles. The van der Waals surface area contributed by atoms with Crippen LogP contribution in [0.4, 0.5) is 10.1 Å². The summed E-state index contributed by atoms with van der Waals surface area (Å²) in [5.41, 5.74) is 1.34. The maximum atomic E-state index is 14.2. The maximum Gasteiger partial charge on any atom is 0.275 e. The van der Waals surface area contributed by atoms with Crippen LogP contribution in [0.1, 0.15) is 21.5 Å². The van der Waals surface area contributed by atoms with Gasteiger partial charge in [-0.1, -0.05) is 42.5 Å². The summed E-state index contributed by atoms with van der Waals surface area (Å²) < 4.78 is 41.5. The maximum absolute atomic E-state index is 14.2. The van der Waals surface area contributed by atoms with E-state index in [1.54, 1.807) is 37.3 Å². The number of sulfonamides is 1. The summed E-state index contributed by atoms with van der Waals surface area (Å²) in [5.74, 6) is -1.72. The number of hydrogen-bond donors (Lipinski definition) is 0. The highest BCUT2D eigenvalue weighted by molar-refractivity contribution is 7.93. The largest absolute Gasteiger partial charge is 0.275 e. The van der Waals surface area contributed by atoms with Crippen LogP contribution in [0.15, 0.2) is 77.7 Å². The number of aryl methyl sites for hydroxylation is 1. The molecule has 27 heavy (non-hydrogen) atoms. The zero-order valence-electron chi connectivity index (χ0n) is 14.9. The molecule has 1 amide bonds. The number of hydrogen-bond acceptors (Lipinski definition) is 3. The molecular weight excluding hydrogens is 365 g/mol. The van der Waals surface area contributed by atoms with Gasteiger partial charge in [0.1, 0.15) is 5.82 Å². The third kappa shape index (κ3) is 3.48. The zero-order chi connectivity index (χ0) is 19.6. The van der Waals surface area contributed by atoms with E-state index in [1.807, 2.05) is 13.0 Å². The predicted molar refractivity (Wildman–Crippen MR) is 103 cm³/mol. The van der Waals surface area contributed by atoms with Crippen molar-refractivity contribution in [1.29, 1.82) is 0 Å². The molecule has 3 aromatic rings. The van der Waals surface area contributed by atoms with Gasteiger partial charge >= 0.3 is 0 Å². The monoisotopic (exact) mass is 383 g/mol. The lowest BCUT2D eigenvalue weighted by atomic mass is 10.1. The van der Waals surface area contributed by atoms with Crippen molar-refractivity contribution in [2.24, 2.45) is 0 Å². The number of rotatable bonds is 4. The Balaban J connectivity index is 2.26. The molecule has 0 heterocycles. The number of carbonyl (C=O) groups is 1. The van der Waals surface area contributed by atoms with E-state index in [1.165, 1.54) is 30.3 Å². The summed E-state index contributed by atoms with van der Waals surface area (Å²) >= 11 is 0. The lowest BCUT2D eigenvalue weighted by Crippen LogP contribution is -2.38. The van der Waals surface area contributed by atoms with Gasteiger partial charge in [0.25, 0.3) is 15.9 Å². The van der Waals surface area contributed by atoms with Crippen molar-refractivity contribution < 1.29 is 17.6 Å². The Labute approximate surface area is 157 Å². The second-order valence-corrected chi connectivity index (χ2v) is 7.87. The van der Waals surface area contributed by atoms with E-state index in [-0.39, 0.29) is 16.1 Å². The Morgan fingerprint density at radius 3 is 2.15 bits per heavy atom. The molecule has 0 aliphatic carbocycles. The molecule has 0 saturated heterocycles. The second kappa shape index (κ2) is 7.32. The van der Waals surface area contributed by atoms with Gasteiger partial charge in [0.2, 0.25) is 0 Å². The lowest BCUT2D eigenvalue weighted by Gasteiger charge is -2.25. The van der Waals surface area contributed by atoms with Crippen molar-refractivity contribution in [2.45, 2.75) is 18.7 Å². The van der Waals surface area contributed by atoms with Gasteiger partial charge in [0.15, 0.2) is 0 Å². The van der Waals surface area contributed by atoms with Crippen LogP contribution < -0.4 is 4.31 Å². The van der Waals surface area contributed by atoms with Crippen molar-refractivity contribution in [3.63, 3.8) is 0 Å². The highest BCUT2D eigenvalue weighted by Crippen LogP contribution is 2.30. The van der Waals surface area contributed by atoms with Gasteiger partial charge in [-0.2, -0.15) is 4.31 Å². The number of amides is 1. The summed E-state index contributed by atoms with van der Waals surface area (Å²) in [6.45, 7) is 3.55. The molecule has 0 bridgehead atoms. The first-order valence-electron chi connectivity index (χ1n) is 8.29. The molecule has 0 N–H and O–H groups in total. The third-order valence-corrected chi connectivity index (χ3v) is 6.08. The van der Waals surface area contributed by atoms with Gasteiger partial charge in [-0.3, -0.25) is 4.79 Å². The van der Waals surface area contributed by atoms with Crippen LogP contribution in [0.25, 0.3) is 0 Å². The smallest absolute Gasteiger partial charge is 0.267 e. The molecule has 3 rings (SSSR count). The topological polar surface area (TPSA) is 54.5 Å². The number of carbonyl (C=O) groups excluding carboxylic acids is 1. The van der Waals surface area contributed by atoms with E-state index in [0.29, 0.717) is 9.87 Å². The predicted octanol–water partition coefficient (Wildman–Crippen LogP) is 4.48. The summed E-state index contributed by atoms with van der Waals surface area (Å²) in [5, 5.41) is 0.